The number of halogens is 1. The highest BCUT2D eigenvalue weighted by atomic mass is 35.5. The van der Waals surface area contributed by atoms with Crippen molar-refractivity contribution in [3.8, 4) is 0 Å². The topological polar surface area (TPSA) is 32.3 Å². The van der Waals surface area contributed by atoms with Crippen molar-refractivity contribution < 1.29 is 0 Å². The quantitative estimate of drug-likeness (QED) is 0.729. The Hall–Kier alpha value is -0.870. The summed E-state index contributed by atoms with van der Waals surface area (Å²) in [6.07, 6.45) is 5.43. The fourth-order valence-electron chi connectivity index (χ4n) is 3.14. The number of rotatable bonds is 1. The summed E-state index contributed by atoms with van der Waals surface area (Å²) in [6.45, 7) is 6.64. The van der Waals surface area contributed by atoms with Crippen LogP contribution in [0.15, 0.2) is 6.33 Å². The molecule has 0 saturated carbocycles. The van der Waals surface area contributed by atoms with Gasteiger partial charge in [0, 0.05) is 31.2 Å². The number of nitrogens with zero attached hydrogens (tertiary/aromatic N) is 4. The zero-order chi connectivity index (χ0) is 12.5. The minimum Gasteiger partial charge on any atom is -0.355 e. The van der Waals surface area contributed by atoms with E-state index in [9.17, 15) is 0 Å². The van der Waals surface area contributed by atoms with Crippen molar-refractivity contribution in [1.29, 1.82) is 0 Å². The number of hydrogen-bond donors (Lipinski definition) is 0. The summed E-state index contributed by atoms with van der Waals surface area (Å²) in [6, 6.07) is 0.695. The number of fused-ring (bicyclic) bond motifs is 1. The molecule has 18 heavy (non-hydrogen) atoms. The Morgan fingerprint density at radius 2 is 2.06 bits per heavy atom. The van der Waals surface area contributed by atoms with Crippen molar-refractivity contribution in [3.63, 3.8) is 0 Å². The zero-order valence-electron chi connectivity index (χ0n) is 10.8. The molecular formula is C13H19ClN4. The molecule has 2 aliphatic rings. The normalized spacial score (nSPS) is 25.0. The summed E-state index contributed by atoms with van der Waals surface area (Å²) in [4.78, 5) is 13.5. The van der Waals surface area contributed by atoms with Crippen LogP contribution in [0.25, 0.3) is 0 Å². The van der Waals surface area contributed by atoms with Gasteiger partial charge in [0.2, 0.25) is 0 Å². The fraction of sp³-hybridized carbons (Fsp3) is 0.692. The molecule has 0 radical (unpaired) electrons. The van der Waals surface area contributed by atoms with Crippen LogP contribution in [-0.2, 0) is 0 Å². The molecule has 0 aliphatic carbocycles. The molecule has 3 rings (SSSR count). The van der Waals surface area contributed by atoms with Crippen LogP contribution in [0.4, 0.5) is 5.82 Å². The number of anilines is 1. The first kappa shape index (κ1) is 12.2. The highest BCUT2D eigenvalue weighted by Gasteiger charge is 2.29. The van der Waals surface area contributed by atoms with E-state index in [1.54, 1.807) is 6.33 Å². The molecule has 5 heteroatoms. The molecule has 3 heterocycles. The molecule has 0 spiro atoms. The molecule has 1 unspecified atom stereocenters. The van der Waals surface area contributed by atoms with Gasteiger partial charge in [-0.15, -0.1) is 0 Å². The van der Waals surface area contributed by atoms with Crippen LogP contribution in [0.5, 0.6) is 0 Å². The highest BCUT2D eigenvalue weighted by Crippen LogP contribution is 2.27. The third kappa shape index (κ3) is 2.19. The van der Waals surface area contributed by atoms with Crippen molar-refractivity contribution in [3.05, 3.63) is 17.0 Å². The van der Waals surface area contributed by atoms with E-state index in [0.29, 0.717) is 11.2 Å². The lowest BCUT2D eigenvalue weighted by Gasteiger charge is -2.27. The number of aromatic nitrogens is 2. The molecule has 0 aromatic carbocycles. The molecule has 0 N–H and O–H groups in total. The average Bonchev–Trinajstić information content (AvgIpc) is 2.70. The molecule has 0 amide bonds. The van der Waals surface area contributed by atoms with E-state index in [2.05, 4.69) is 19.8 Å². The Bertz CT molecular complexity index is 437. The fourth-order valence-corrected chi connectivity index (χ4v) is 3.27. The average molecular weight is 267 g/mol. The van der Waals surface area contributed by atoms with Gasteiger partial charge in [-0.05, 0) is 32.7 Å². The first-order valence-corrected chi connectivity index (χ1v) is 7.09. The van der Waals surface area contributed by atoms with Gasteiger partial charge < -0.3 is 4.90 Å². The minimum atomic E-state index is 0.576. The Labute approximate surface area is 113 Å². The van der Waals surface area contributed by atoms with Gasteiger partial charge in [-0.25, -0.2) is 9.97 Å². The summed E-state index contributed by atoms with van der Waals surface area (Å²) in [7, 11) is 0. The van der Waals surface area contributed by atoms with Crippen LogP contribution < -0.4 is 4.90 Å². The zero-order valence-corrected chi connectivity index (χ0v) is 11.5. The van der Waals surface area contributed by atoms with Gasteiger partial charge in [0.1, 0.15) is 17.3 Å². The second-order valence-corrected chi connectivity index (χ2v) is 5.60. The Morgan fingerprint density at radius 3 is 2.94 bits per heavy atom. The maximum atomic E-state index is 6.10. The molecule has 0 bridgehead atoms. The van der Waals surface area contributed by atoms with Crippen molar-refractivity contribution >= 4 is 17.4 Å². The minimum absolute atomic E-state index is 0.576. The lowest BCUT2D eigenvalue weighted by Crippen LogP contribution is -2.37. The van der Waals surface area contributed by atoms with Gasteiger partial charge in [0.15, 0.2) is 0 Å². The monoisotopic (exact) mass is 266 g/mol. The summed E-state index contributed by atoms with van der Waals surface area (Å²) in [5.41, 5.74) is 1.01. The maximum absolute atomic E-state index is 6.10. The van der Waals surface area contributed by atoms with E-state index in [1.165, 1.54) is 32.4 Å². The molecular weight excluding hydrogens is 248 g/mol. The highest BCUT2D eigenvalue weighted by molar-refractivity contribution is 6.30. The summed E-state index contributed by atoms with van der Waals surface area (Å²) >= 11 is 6.10. The summed E-state index contributed by atoms with van der Waals surface area (Å²) in [5.74, 6) is 1.02. The van der Waals surface area contributed by atoms with Crippen molar-refractivity contribution in [1.82, 2.24) is 14.9 Å². The molecule has 2 aliphatic heterocycles. The third-order valence-corrected chi connectivity index (χ3v) is 4.48. The van der Waals surface area contributed by atoms with Gasteiger partial charge >= 0.3 is 0 Å². The van der Waals surface area contributed by atoms with Gasteiger partial charge in [-0.1, -0.05) is 11.6 Å². The second kappa shape index (κ2) is 5.02. The molecule has 1 aromatic rings. The standard InChI is InChI=1S/C13H19ClN4/c1-10-12(14)15-9-16-13(10)18-7-3-6-17-5-2-4-11(17)8-18/h9,11H,2-8H2,1H3. The van der Waals surface area contributed by atoms with Crippen LogP contribution in [0.2, 0.25) is 5.15 Å². The Kier molecular flexibility index (Phi) is 3.39. The van der Waals surface area contributed by atoms with E-state index in [0.717, 1.165) is 24.5 Å². The Balaban J connectivity index is 1.85. The van der Waals surface area contributed by atoms with E-state index in [4.69, 9.17) is 11.6 Å². The van der Waals surface area contributed by atoms with Crippen LogP contribution in [0.3, 0.4) is 0 Å². The van der Waals surface area contributed by atoms with Gasteiger partial charge in [-0.2, -0.15) is 0 Å². The van der Waals surface area contributed by atoms with Crippen molar-refractivity contribution in [2.24, 2.45) is 0 Å². The third-order valence-electron chi connectivity index (χ3n) is 4.10. The molecule has 1 atom stereocenters. The van der Waals surface area contributed by atoms with E-state index in [1.807, 2.05) is 6.92 Å². The lowest BCUT2D eigenvalue weighted by atomic mass is 10.2. The molecule has 98 valence electrons. The van der Waals surface area contributed by atoms with Crippen LogP contribution in [-0.4, -0.2) is 47.1 Å². The first-order chi connectivity index (χ1) is 8.75. The van der Waals surface area contributed by atoms with Crippen LogP contribution >= 0.6 is 11.6 Å². The van der Waals surface area contributed by atoms with Crippen LogP contribution in [0.1, 0.15) is 24.8 Å². The molecule has 1 aromatic heterocycles. The Morgan fingerprint density at radius 1 is 1.22 bits per heavy atom. The van der Waals surface area contributed by atoms with E-state index < -0.39 is 0 Å². The predicted octanol–water partition coefficient (Wildman–Crippen LogP) is 2.11. The van der Waals surface area contributed by atoms with Crippen molar-refractivity contribution in [2.75, 3.05) is 31.1 Å². The molecule has 2 fully saturated rings. The smallest absolute Gasteiger partial charge is 0.137 e. The van der Waals surface area contributed by atoms with E-state index in [-0.39, 0.29) is 0 Å². The SMILES string of the molecule is Cc1c(Cl)ncnc1N1CCCN2CCCC2C1. The predicted molar refractivity (Wildman–Crippen MR) is 73.2 cm³/mol. The van der Waals surface area contributed by atoms with Gasteiger partial charge in [-0.3, -0.25) is 4.90 Å². The molecule has 2 saturated heterocycles. The second-order valence-electron chi connectivity index (χ2n) is 5.24. The maximum Gasteiger partial charge on any atom is 0.137 e. The first-order valence-electron chi connectivity index (χ1n) is 6.72. The van der Waals surface area contributed by atoms with Gasteiger partial charge in [0.25, 0.3) is 0 Å². The summed E-state index contributed by atoms with van der Waals surface area (Å²) in [5, 5.41) is 0.576. The summed E-state index contributed by atoms with van der Waals surface area (Å²) < 4.78 is 0. The van der Waals surface area contributed by atoms with Gasteiger partial charge in [0.05, 0.1) is 0 Å². The largest absolute Gasteiger partial charge is 0.355 e. The number of hydrogen-bond acceptors (Lipinski definition) is 4. The van der Waals surface area contributed by atoms with Crippen molar-refractivity contribution in [2.45, 2.75) is 32.2 Å². The van der Waals surface area contributed by atoms with Crippen LogP contribution in [0, 0.1) is 6.92 Å². The molecule has 4 nitrogen and oxygen atoms in total. The van der Waals surface area contributed by atoms with E-state index >= 15 is 0 Å². The lowest BCUT2D eigenvalue weighted by molar-refractivity contribution is 0.273.